The Balaban J connectivity index is 0.00000312. The van der Waals surface area contributed by atoms with Crippen LogP contribution < -0.4 is 20.1 Å². The summed E-state index contributed by atoms with van der Waals surface area (Å²) in [7, 11) is 1.69. The molecule has 0 atom stereocenters. The minimum Gasteiger partial charge on any atom is -0.486 e. The highest BCUT2D eigenvalue weighted by Crippen LogP contribution is 2.35. The molecule has 7 heteroatoms. The summed E-state index contributed by atoms with van der Waals surface area (Å²) in [6, 6.07) is 6.14. The van der Waals surface area contributed by atoms with Crippen LogP contribution >= 0.6 is 24.0 Å². The third kappa shape index (κ3) is 6.54. The average Bonchev–Trinajstić information content (AvgIpc) is 2.59. The number of aliphatic imine (C=N–C) groups is 1. The lowest BCUT2D eigenvalue weighted by atomic mass is 9.84. The molecule has 25 heavy (non-hydrogen) atoms. The monoisotopic (exact) mass is 463 g/mol. The fourth-order valence-electron chi connectivity index (χ4n) is 2.45. The highest BCUT2D eigenvalue weighted by atomic mass is 127. The van der Waals surface area contributed by atoms with E-state index in [2.05, 4.69) is 43.5 Å². The molecule has 1 aromatic carbocycles. The number of benzene rings is 1. The molecule has 0 aliphatic carbocycles. The van der Waals surface area contributed by atoms with Crippen molar-refractivity contribution in [2.24, 2.45) is 4.99 Å². The maximum atomic E-state index is 5.69. The van der Waals surface area contributed by atoms with E-state index < -0.39 is 0 Å². The number of halogens is 1. The topological polar surface area (TPSA) is 64.1 Å². The maximum Gasteiger partial charge on any atom is 0.191 e. The number of guanidine groups is 1. The first-order chi connectivity index (χ1) is 11.6. The molecule has 0 bridgehead atoms. The summed E-state index contributed by atoms with van der Waals surface area (Å²) in [6.45, 7) is 10.5. The van der Waals surface area contributed by atoms with Gasteiger partial charge in [-0.3, -0.25) is 4.99 Å². The zero-order valence-corrected chi connectivity index (χ0v) is 17.9. The lowest BCUT2D eigenvalue weighted by Gasteiger charge is -2.26. The molecule has 6 nitrogen and oxygen atoms in total. The lowest BCUT2D eigenvalue weighted by Crippen LogP contribution is -2.40. The van der Waals surface area contributed by atoms with Crippen LogP contribution in [-0.2, 0) is 10.2 Å². The molecule has 0 saturated heterocycles. The van der Waals surface area contributed by atoms with Gasteiger partial charge in [-0.25, -0.2) is 0 Å². The SMILES string of the molecule is CCNC(=NCC(C)(C)c1ccc2c(c1)OCCO2)NCCOC.I. The predicted octanol–water partition coefficient (Wildman–Crippen LogP) is 2.55. The van der Waals surface area contributed by atoms with E-state index in [1.54, 1.807) is 7.11 Å². The van der Waals surface area contributed by atoms with Crippen LogP contribution in [0.4, 0.5) is 0 Å². The fourth-order valence-corrected chi connectivity index (χ4v) is 2.45. The Hall–Kier alpha value is -1.22. The Morgan fingerprint density at radius 2 is 1.92 bits per heavy atom. The van der Waals surface area contributed by atoms with E-state index in [1.807, 2.05) is 6.07 Å². The van der Waals surface area contributed by atoms with Crippen LogP contribution in [0.1, 0.15) is 26.3 Å². The third-order valence-electron chi connectivity index (χ3n) is 3.90. The van der Waals surface area contributed by atoms with Crippen LogP contribution in [0.2, 0.25) is 0 Å². The molecule has 0 fully saturated rings. The molecule has 1 aliphatic rings. The second kappa shape index (κ2) is 10.7. The molecule has 1 heterocycles. The summed E-state index contributed by atoms with van der Waals surface area (Å²) in [5.41, 5.74) is 1.07. The summed E-state index contributed by atoms with van der Waals surface area (Å²) in [4.78, 5) is 4.71. The molecule has 1 aliphatic heterocycles. The van der Waals surface area contributed by atoms with E-state index in [4.69, 9.17) is 19.2 Å². The first-order valence-corrected chi connectivity index (χ1v) is 8.48. The van der Waals surface area contributed by atoms with E-state index in [9.17, 15) is 0 Å². The summed E-state index contributed by atoms with van der Waals surface area (Å²) in [6.07, 6.45) is 0. The normalized spacial score (nSPS) is 13.8. The first-order valence-electron chi connectivity index (χ1n) is 8.48. The van der Waals surface area contributed by atoms with Crippen molar-refractivity contribution in [1.29, 1.82) is 0 Å². The van der Waals surface area contributed by atoms with E-state index in [-0.39, 0.29) is 29.4 Å². The van der Waals surface area contributed by atoms with Gasteiger partial charge in [-0.2, -0.15) is 0 Å². The molecule has 2 rings (SSSR count). The standard InChI is InChI=1S/C18H29N3O3.HI/c1-5-19-17(20-8-9-22-4)21-13-18(2,3)14-6-7-15-16(12-14)24-11-10-23-15;/h6-7,12H,5,8-11,13H2,1-4H3,(H2,19,20,21);1H. The van der Waals surface area contributed by atoms with E-state index >= 15 is 0 Å². The van der Waals surface area contributed by atoms with Crippen LogP contribution in [0, 0.1) is 0 Å². The minimum absolute atomic E-state index is 0. The Morgan fingerprint density at radius 1 is 1.20 bits per heavy atom. The van der Waals surface area contributed by atoms with Crippen LogP contribution in [0.15, 0.2) is 23.2 Å². The molecule has 0 spiro atoms. The van der Waals surface area contributed by atoms with E-state index in [0.717, 1.165) is 30.5 Å². The van der Waals surface area contributed by atoms with Gasteiger partial charge in [0.2, 0.25) is 0 Å². The molecular weight excluding hydrogens is 433 g/mol. The van der Waals surface area contributed by atoms with Crippen molar-refractivity contribution in [3.63, 3.8) is 0 Å². The van der Waals surface area contributed by atoms with Gasteiger partial charge in [0.15, 0.2) is 17.5 Å². The fraction of sp³-hybridized carbons (Fsp3) is 0.611. The van der Waals surface area contributed by atoms with E-state index in [1.165, 1.54) is 5.56 Å². The van der Waals surface area contributed by atoms with Gasteiger partial charge in [0.05, 0.1) is 13.2 Å². The highest BCUT2D eigenvalue weighted by Gasteiger charge is 2.23. The molecule has 2 N–H and O–H groups in total. The molecular formula is C18H30IN3O3. The van der Waals surface area contributed by atoms with Crippen molar-refractivity contribution in [1.82, 2.24) is 10.6 Å². The van der Waals surface area contributed by atoms with Crippen molar-refractivity contribution in [2.45, 2.75) is 26.2 Å². The molecule has 142 valence electrons. The van der Waals surface area contributed by atoms with Gasteiger partial charge in [0.1, 0.15) is 13.2 Å². The van der Waals surface area contributed by atoms with Crippen molar-refractivity contribution in [3.05, 3.63) is 23.8 Å². The smallest absolute Gasteiger partial charge is 0.191 e. The van der Waals surface area contributed by atoms with Crippen molar-refractivity contribution >= 4 is 29.9 Å². The van der Waals surface area contributed by atoms with E-state index in [0.29, 0.717) is 26.4 Å². The van der Waals surface area contributed by atoms with Gasteiger partial charge in [-0.05, 0) is 24.6 Å². The van der Waals surface area contributed by atoms with Gasteiger partial charge in [-0.1, -0.05) is 19.9 Å². The number of hydrogen-bond acceptors (Lipinski definition) is 4. The van der Waals surface area contributed by atoms with Gasteiger partial charge in [-0.15, -0.1) is 24.0 Å². The Kier molecular flexibility index (Phi) is 9.34. The van der Waals surface area contributed by atoms with Crippen molar-refractivity contribution < 1.29 is 14.2 Å². The van der Waals surface area contributed by atoms with Crippen LogP contribution in [0.3, 0.4) is 0 Å². The Bertz CT molecular complexity index is 564. The lowest BCUT2D eigenvalue weighted by molar-refractivity contribution is 0.171. The zero-order chi connectivity index (χ0) is 17.4. The van der Waals surface area contributed by atoms with Crippen LogP contribution in [0.5, 0.6) is 11.5 Å². The van der Waals surface area contributed by atoms with Crippen LogP contribution in [-0.4, -0.2) is 52.5 Å². The second-order valence-corrected chi connectivity index (χ2v) is 6.36. The summed E-state index contributed by atoms with van der Waals surface area (Å²) in [5, 5.41) is 6.52. The Morgan fingerprint density at radius 3 is 2.60 bits per heavy atom. The highest BCUT2D eigenvalue weighted by molar-refractivity contribution is 14.0. The van der Waals surface area contributed by atoms with Gasteiger partial charge in [0, 0.05) is 25.6 Å². The maximum absolute atomic E-state index is 5.69. The number of hydrogen-bond donors (Lipinski definition) is 2. The predicted molar refractivity (Wildman–Crippen MR) is 112 cm³/mol. The van der Waals surface area contributed by atoms with Crippen LogP contribution in [0.25, 0.3) is 0 Å². The Labute approximate surface area is 167 Å². The number of methoxy groups -OCH3 is 1. The molecule has 0 unspecified atom stereocenters. The number of rotatable bonds is 7. The molecule has 0 radical (unpaired) electrons. The molecule has 1 aromatic rings. The quantitative estimate of drug-likeness (QED) is 0.282. The summed E-state index contributed by atoms with van der Waals surface area (Å²) in [5.74, 6) is 2.44. The third-order valence-corrected chi connectivity index (χ3v) is 3.90. The van der Waals surface area contributed by atoms with Gasteiger partial charge in [0.25, 0.3) is 0 Å². The number of nitrogens with zero attached hydrogens (tertiary/aromatic N) is 1. The minimum atomic E-state index is -0.112. The molecule has 0 aromatic heterocycles. The molecule has 0 saturated carbocycles. The number of nitrogens with one attached hydrogen (secondary N) is 2. The first kappa shape index (κ1) is 21.8. The summed E-state index contributed by atoms with van der Waals surface area (Å²) < 4.78 is 16.3. The number of fused-ring (bicyclic) bond motifs is 1. The van der Waals surface area contributed by atoms with Crippen molar-refractivity contribution in [2.75, 3.05) is 46.6 Å². The second-order valence-electron chi connectivity index (χ2n) is 6.36. The number of ether oxygens (including phenoxy) is 3. The zero-order valence-electron chi connectivity index (χ0n) is 15.6. The largest absolute Gasteiger partial charge is 0.486 e. The summed E-state index contributed by atoms with van der Waals surface area (Å²) >= 11 is 0. The average molecular weight is 463 g/mol. The molecule has 0 amide bonds. The van der Waals surface area contributed by atoms with Gasteiger partial charge >= 0.3 is 0 Å². The van der Waals surface area contributed by atoms with Gasteiger partial charge < -0.3 is 24.8 Å². The van der Waals surface area contributed by atoms with Crippen molar-refractivity contribution in [3.8, 4) is 11.5 Å².